The summed E-state index contributed by atoms with van der Waals surface area (Å²) >= 11 is 0. The number of nitro groups is 1. The third-order valence-corrected chi connectivity index (χ3v) is 3.08. The first kappa shape index (κ1) is 15.6. The maximum Gasteiger partial charge on any atom is 0.274 e. The van der Waals surface area contributed by atoms with Crippen molar-refractivity contribution in [1.29, 1.82) is 0 Å². The first-order valence-corrected chi connectivity index (χ1v) is 6.62. The molecule has 19 heavy (non-hydrogen) atoms. The molecule has 0 spiro atoms. The average Bonchev–Trinajstić information content (AvgIpc) is 2.42. The highest BCUT2D eigenvalue weighted by atomic mass is 16.6. The molecule has 1 aromatic carbocycles. The van der Waals surface area contributed by atoms with Crippen LogP contribution in [0.25, 0.3) is 0 Å². The third kappa shape index (κ3) is 5.36. The second kappa shape index (κ2) is 8.61. The van der Waals surface area contributed by atoms with Gasteiger partial charge < -0.3 is 10.1 Å². The monoisotopic (exact) mass is 266 g/mol. The van der Waals surface area contributed by atoms with E-state index in [4.69, 9.17) is 4.74 Å². The van der Waals surface area contributed by atoms with Crippen molar-refractivity contribution in [2.75, 3.05) is 20.3 Å². The van der Waals surface area contributed by atoms with Gasteiger partial charge in [0.1, 0.15) is 0 Å². The second-order valence-corrected chi connectivity index (χ2v) is 4.55. The van der Waals surface area contributed by atoms with Crippen LogP contribution in [0.3, 0.4) is 0 Å². The topological polar surface area (TPSA) is 64.4 Å². The van der Waals surface area contributed by atoms with Gasteiger partial charge in [0.2, 0.25) is 0 Å². The number of nitrogens with zero attached hydrogens (tertiary/aromatic N) is 1. The van der Waals surface area contributed by atoms with Gasteiger partial charge in [-0.2, -0.15) is 0 Å². The summed E-state index contributed by atoms with van der Waals surface area (Å²) in [4.78, 5) is 10.6. The van der Waals surface area contributed by atoms with E-state index < -0.39 is 0 Å². The van der Waals surface area contributed by atoms with E-state index in [1.165, 1.54) is 0 Å². The number of para-hydroxylation sites is 1. The van der Waals surface area contributed by atoms with Gasteiger partial charge >= 0.3 is 0 Å². The zero-order valence-electron chi connectivity index (χ0n) is 11.6. The molecule has 106 valence electrons. The highest BCUT2D eigenvalue weighted by Crippen LogP contribution is 2.24. The van der Waals surface area contributed by atoms with E-state index in [2.05, 4.69) is 5.32 Å². The lowest BCUT2D eigenvalue weighted by atomic mass is 10.1. The van der Waals surface area contributed by atoms with Crippen molar-refractivity contribution in [3.8, 4) is 0 Å². The summed E-state index contributed by atoms with van der Waals surface area (Å²) in [5.74, 6) is 0. The number of nitrogens with one attached hydrogen (secondary N) is 1. The van der Waals surface area contributed by atoms with Gasteiger partial charge in [-0.25, -0.2) is 0 Å². The molecule has 1 unspecified atom stereocenters. The van der Waals surface area contributed by atoms with E-state index in [0.717, 1.165) is 38.0 Å². The van der Waals surface area contributed by atoms with Crippen LogP contribution in [-0.4, -0.2) is 25.2 Å². The lowest BCUT2D eigenvalue weighted by Crippen LogP contribution is -2.20. The summed E-state index contributed by atoms with van der Waals surface area (Å²) in [6.07, 6.45) is 3.21. The molecule has 0 amide bonds. The van der Waals surface area contributed by atoms with Gasteiger partial charge in [0.25, 0.3) is 5.69 Å². The molecule has 0 aliphatic carbocycles. The summed E-state index contributed by atoms with van der Waals surface area (Å²) in [6.45, 7) is 3.61. The Hall–Kier alpha value is -1.46. The fourth-order valence-corrected chi connectivity index (χ4v) is 2.00. The fraction of sp³-hybridized carbons (Fsp3) is 0.571. The van der Waals surface area contributed by atoms with E-state index in [1.54, 1.807) is 25.3 Å². The van der Waals surface area contributed by atoms with Crippen LogP contribution in [0.5, 0.6) is 0 Å². The zero-order valence-corrected chi connectivity index (χ0v) is 11.6. The molecule has 0 heterocycles. The van der Waals surface area contributed by atoms with Crippen molar-refractivity contribution >= 4 is 5.69 Å². The maximum absolute atomic E-state index is 10.9. The molecule has 0 radical (unpaired) electrons. The highest BCUT2D eigenvalue weighted by Gasteiger charge is 2.17. The van der Waals surface area contributed by atoms with Crippen LogP contribution < -0.4 is 5.32 Å². The lowest BCUT2D eigenvalue weighted by Gasteiger charge is -2.14. The van der Waals surface area contributed by atoms with Gasteiger partial charge in [-0.05, 0) is 32.7 Å². The van der Waals surface area contributed by atoms with Crippen LogP contribution in [0.2, 0.25) is 0 Å². The molecule has 1 N–H and O–H groups in total. The summed E-state index contributed by atoms with van der Waals surface area (Å²) in [6, 6.07) is 6.87. The number of ether oxygens (including phenoxy) is 1. The Morgan fingerprint density at radius 2 is 2.05 bits per heavy atom. The average molecular weight is 266 g/mol. The van der Waals surface area contributed by atoms with Crippen molar-refractivity contribution in [3.05, 3.63) is 39.9 Å². The Morgan fingerprint density at radius 1 is 1.32 bits per heavy atom. The number of benzene rings is 1. The van der Waals surface area contributed by atoms with Crippen LogP contribution in [0, 0.1) is 10.1 Å². The lowest BCUT2D eigenvalue weighted by molar-refractivity contribution is -0.385. The van der Waals surface area contributed by atoms with E-state index >= 15 is 0 Å². The standard InChI is InChI=1S/C14H22N2O3/c1-12(15-10-6-3-7-11-19-2)13-8-4-5-9-14(13)16(17)18/h4-5,8-9,12,15H,3,6-7,10-11H2,1-2H3. The maximum atomic E-state index is 10.9. The smallest absolute Gasteiger partial charge is 0.274 e. The number of unbranched alkanes of at least 4 members (excludes halogenated alkanes) is 2. The molecule has 5 nitrogen and oxygen atoms in total. The van der Waals surface area contributed by atoms with Crippen molar-refractivity contribution in [3.63, 3.8) is 0 Å². The van der Waals surface area contributed by atoms with Crippen LogP contribution in [0.15, 0.2) is 24.3 Å². The van der Waals surface area contributed by atoms with Gasteiger partial charge in [-0.15, -0.1) is 0 Å². The molecular formula is C14H22N2O3. The molecule has 0 fully saturated rings. The van der Waals surface area contributed by atoms with Crippen molar-refractivity contribution in [1.82, 2.24) is 5.32 Å². The molecule has 5 heteroatoms. The fourth-order valence-electron chi connectivity index (χ4n) is 2.00. The van der Waals surface area contributed by atoms with Crippen LogP contribution in [-0.2, 0) is 4.74 Å². The van der Waals surface area contributed by atoms with Gasteiger partial charge in [0.05, 0.1) is 4.92 Å². The first-order valence-electron chi connectivity index (χ1n) is 6.62. The van der Waals surface area contributed by atoms with Crippen molar-refractivity contribution in [2.24, 2.45) is 0 Å². The molecule has 1 atom stereocenters. The Kier molecular flexibility index (Phi) is 7.07. The van der Waals surface area contributed by atoms with Crippen molar-refractivity contribution < 1.29 is 9.66 Å². The Morgan fingerprint density at radius 3 is 2.74 bits per heavy atom. The molecule has 1 rings (SSSR count). The Bertz CT molecular complexity index is 396. The number of rotatable bonds is 9. The molecule has 0 aromatic heterocycles. The normalized spacial score (nSPS) is 12.3. The third-order valence-electron chi connectivity index (χ3n) is 3.08. The summed E-state index contributed by atoms with van der Waals surface area (Å²) < 4.78 is 4.99. The Balaban J connectivity index is 2.41. The largest absolute Gasteiger partial charge is 0.385 e. The number of nitro benzene ring substituents is 1. The number of methoxy groups -OCH3 is 1. The molecular weight excluding hydrogens is 244 g/mol. The van der Waals surface area contributed by atoms with Crippen molar-refractivity contribution in [2.45, 2.75) is 32.2 Å². The zero-order chi connectivity index (χ0) is 14.1. The predicted octanol–water partition coefficient (Wildman–Crippen LogP) is 3.06. The molecule has 0 aliphatic heterocycles. The molecule has 0 bridgehead atoms. The molecule has 0 saturated heterocycles. The van der Waals surface area contributed by atoms with Gasteiger partial charge in [0, 0.05) is 31.4 Å². The second-order valence-electron chi connectivity index (χ2n) is 4.55. The van der Waals surface area contributed by atoms with Crippen LogP contribution >= 0.6 is 0 Å². The molecule has 0 saturated carbocycles. The highest BCUT2D eigenvalue weighted by molar-refractivity contribution is 5.41. The van der Waals surface area contributed by atoms with E-state index in [-0.39, 0.29) is 16.7 Å². The number of hydrogen-bond donors (Lipinski definition) is 1. The van der Waals surface area contributed by atoms with Gasteiger partial charge in [-0.3, -0.25) is 10.1 Å². The first-order chi connectivity index (χ1) is 9.16. The van der Waals surface area contributed by atoms with Gasteiger partial charge in [0.15, 0.2) is 0 Å². The van der Waals surface area contributed by atoms with E-state index in [1.807, 2.05) is 13.0 Å². The van der Waals surface area contributed by atoms with E-state index in [9.17, 15) is 10.1 Å². The van der Waals surface area contributed by atoms with Crippen LogP contribution in [0.1, 0.15) is 37.8 Å². The number of hydrogen-bond acceptors (Lipinski definition) is 4. The molecule has 0 aliphatic rings. The SMILES string of the molecule is COCCCCCNC(C)c1ccccc1[N+](=O)[O-]. The predicted molar refractivity (Wildman–Crippen MR) is 75.2 cm³/mol. The van der Waals surface area contributed by atoms with Gasteiger partial charge in [-0.1, -0.05) is 18.2 Å². The minimum absolute atomic E-state index is 0.0102. The minimum Gasteiger partial charge on any atom is -0.385 e. The Labute approximate surface area is 114 Å². The summed E-state index contributed by atoms with van der Waals surface area (Å²) in [5, 5.41) is 14.3. The minimum atomic E-state index is -0.327. The van der Waals surface area contributed by atoms with Crippen LogP contribution in [0.4, 0.5) is 5.69 Å². The van der Waals surface area contributed by atoms with E-state index in [0.29, 0.717) is 0 Å². The molecule has 1 aromatic rings. The summed E-state index contributed by atoms with van der Waals surface area (Å²) in [7, 11) is 1.70. The quantitative estimate of drug-likeness (QED) is 0.424. The summed E-state index contributed by atoms with van der Waals surface area (Å²) in [5.41, 5.74) is 0.922.